The highest BCUT2D eigenvalue weighted by Gasteiger charge is 2.30. The molecule has 0 aliphatic carbocycles. The summed E-state index contributed by atoms with van der Waals surface area (Å²) in [7, 11) is 0.830. The molecule has 2 N–H and O–H groups in total. The number of benzene rings is 2. The Kier molecular flexibility index (Phi) is 5.26. The van der Waals surface area contributed by atoms with Crippen molar-refractivity contribution in [2.45, 2.75) is 6.92 Å². The Morgan fingerprint density at radius 2 is 1.28 bits per heavy atom. The van der Waals surface area contributed by atoms with Crippen molar-refractivity contribution >= 4 is 23.2 Å². The van der Waals surface area contributed by atoms with Gasteiger partial charge in [-0.2, -0.15) is 8.78 Å². The molecular weight excluding hydrogens is 344 g/mol. The van der Waals surface area contributed by atoms with Crippen LogP contribution in [-0.4, -0.2) is 18.9 Å². The summed E-state index contributed by atoms with van der Waals surface area (Å²) in [6.07, 6.45) is 0. The summed E-state index contributed by atoms with van der Waals surface area (Å²) in [6.45, 7) is 1.30. The van der Waals surface area contributed by atoms with Gasteiger partial charge >= 0.3 is 0 Å². The average molecular weight is 356 g/mol. The zero-order valence-corrected chi connectivity index (χ0v) is 13.0. The van der Waals surface area contributed by atoms with Crippen LogP contribution in [0.2, 0.25) is 0 Å². The number of hydrogen-bond donors (Lipinski definition) is 2. The summed E-state index contributed by atoms with van der Waals surface area (Å²) < 4.78 is 59.3. The first-order chi connectivity index (χ1) is 11.8. The average Bonchev–Trinajstić information content (AvgIpc) is 2.55. The maximum atomic E-state index is 13.9. The van der Waals surface area contributed by atoms with Gasteiger partial charge < -0.3 is 15.4 Å². The molecular formula is C16H12F4N2O3. The smallest absolute Gasteiger partial charge is 0.261 e. The van der Waals surface area contributed by atoms with Crippen molar-refractivity contribution in [2.24, 2.45) is 0 Å². The van der Waals surface area contributed by atoms with Crippen LogP contribution in [0.4, 0.5) is 28.9 Å². The van der Waals surface area contributed by atoms with E-state index in [1.165, 1.54) is 31.2 Å². The van der Waals surface area contributed by atoms with Crippen molar-refractivity contribution in [3.8, 4) is 5.75 Å². The fourth-order valence-electron chi connectivity index (χ4n) is 2.02. The molecule has 0 saturated heterocycles. The van der Waals surface area contributed by atoms with Crippen molar-refractivity contribution in [1.29, 1.82) is 0 Å². The molecule has 0 radical (unpaired) electrons. The predicted molar refractivity (Wildman–Crippen MR) is 81.5 cm³/mol. The van der Waals surface area contributed by atoms with Gasteiger partial charge in [0.25, 0.3) is 5.91 Å². The van der Waals surface area contributed by atoms with E-state index in [-0.39, 0.29) is 11.6 Å². The summed E-state index contributed by atoms with van der Waals surface area (Å²) in [4.78, 5) is 22.9. The molecule has 0 bridgehead atoms. The third-order valence-corrected chi connectivity index (χ3v) is 3.12. The fraction of sp³-hybridized carbons (Fsp3) is 0.125. The Hall–Kier alpha value is -3.10. The molecule has 0 aliphatic heterocycles. The summed E-state index contributed by atoms with van der Waals surface area (Å²) in [5, 5.41) is 4.58. The number of carbonyl (C=O) groups is 2. The van der Waals surface area contributed by atoms with E-state index >= 15 is 0 Å². The first-order valence-electron chi connectivity index (χ1n) is 6.85. The Morgan fingerprint density at radius 1 is 0.840 bits per heavy atom. The molecule has 0 unspecified atom stereocenters. The number of rotatable bonds is 4. The van der Waals surface area contributed by atoms with Crippen LogP contribution in [0.25, 0.3) is 0 Å². The van der Waals surface area contributed by atoms with Gasteiger partial charge in [-0.15, -0.1) is 0 Å². The third kappa shape index (κ3) is 3.70. The van der Waals surface area contributed by atoms with Gasteiger partial charge in [-0.1, -0.05) is 0 Å². The quantitative estimate of drug-likeness (QED) is 0.651. The normalized spacial score (nSPS) is 10.3. The van der Waals surface area contributed by atoms with Gasteiger partial charge in [-0.25, -0.2) is 8.78 Å². The summed E-state index contributed by atoms with van der Waals surface area (Å²) in [6, 6.07) is 5.49. The second-order valence-corrected chi connectivity index (χ2v) is 4.88. The molecule has 2 rings (SSSR count). The van der Waals surface area contributed by atoms with Crippen molar-refractivity contribution in [1.82, 2.24) is 0 Å². The van der Waals surface area contributed by atoms with Gasteiger partial charge in [0.05, 0.1) is 7.11 Å². The SMILES string of the molecule is COc1c(F)c(F)c(C(=O)Nc2ccc(NC(C)=O)cc2)c(F)c1F. The van der Waals surface area contributed by atoms with Crippen LogP contribution >= 0.6 is 0 Å². The number of nitrogens with one attached hydrogen (secondary N) is 2. The summed E-state index contributed by atoms with van der Waals surface area (Å²) >= 11 is 0. The molecule has 0 spiro atoms. The van der Waals surface area contributed by atoms with Gasteiger partial charge in [0.2, 0.25) is 17.5 Å². The van der Waals surface area contributed by atoms with Crippen molar-refractivity contribution in [3.63, 3.8) is 0 Å². The Labute approximate surface area is 139 Å². The third-order valence-electron chi connectivity index (χ3n) is 3.12. The molecule has 132 valence electrons. The molecule has 5 nitrogen and oxygen atoms in total. The van der Waals surface area contributed by atoms with Crippen LogP contribution in [-0.2, 0) is 4.79 Å². The first kappa shape index (κ1) is 18.2. The highest BCUT2D eigenvalue weighted by molar-refractivity contribution is 6.05. The van der Waals surface area contributed by atoms with Gasteiger partial charge in [0.15, 0.2) is 17.4 Å². The first-order valence-corrected chi connectivity index (χ1v) is 6.85. The zero-order chi connectivity index (χ0) is 18.7. The van der Waals surface area contributed by atoms with E-state index in [0.717, 1.165) is 7.11 Å². The number of ether oxygens (including phenoxy) is 1. The molecule has 0 aromatic heterocycles. The number of carbonyl (C=O) groups excluding carboxylic acids is 2. The molecule has 0 heterocycles. The standard InChI is InChI=1S/C16H12F4N2O3/c1-7(23)21-8-3-5-9(6-4-8)22-16(24)10-11(17)13(19)15(25-2)14(20)12(10)18/h3-6H,1-2H3,(H,21,23)(H,22,24). The van der Waals surface area contributed by atoms with Crippen molar-refractivity contribution < 1.29 is 31.9 Å². The lowest BCUT2D eigenvalue weighted by Crippen LogP contribution is -2.19. The van der Waals surface area contributed by atoms with Crippen LogP contribution in [0.15, 0.2) is 24.3 Å². The Balaban J connectivity index is 2.31. The summed E-state index contributed by atoms with van der Waals surface area (Å²) in [5.74, 6) is -10.3. The van der Waals surface area contributed by atoms with Crippen LogP contribution in [0.1, 0.15) is 17.3 Å². The number of anilines is 2. The van der Waals surface area contributed by atoms with Gasteiger partial charge in [-0.3, -0.25) is 9.59 Å². The van der Waals surface area contributed by atoms with Crippen molar-refractivity contribution in [3.05, 3.63) is 53.1 Å². The predicted octanol–water partition coefficient (Wildman–Crippen LogP) is 3.46. The molecule has 2 amide bonds. The van der Waals surface area contributed by atoms with E-state index in [1.54, 1.807) is 0 Å². The lowest BCUT2D eigenvalue weighted by molar-refractivity contribution is -0.114. The van der Waals surface area contributed by atoms with E-state index in [1.807, 2.05) is 0 Å². The van der Waals surface area contributed by atoms with Gasteiger partial charge in [0, 0.05) is 18.3 Å². The molecule has 2 aromatic rings. The number of methoxy groups -OCH3 is 1. The lowest BCUT2D eigenvalue weighted by atomic mass is 10.1. The summed E-state index contributed by atoms with van der Waals surface area (Å²) in [5.41, 5.74) is -0.902. The zero-order valence-electron chi connectivity index (χ0n) is 13.0. The minimum absolute atomic E-state index is 0.0922. The number of hydrogen-bond acceptors (Lipinski definition) is 3. The van der Waals surface area contributed by atoms with Crippen LogP contribution in [0.3, 0.4) is 0 Å². The highest BCUT2D eigenvalue weighted by atomic mass is 19.2. The van der Waals surface area contributed by atoms with E-state index in [2.05, 4.69) is 15.4 Å². The van der Waals surface area contributed by atoms with E-state index in [4.69, 9.17) is 0 Å². The molecule has 0 atom stereocenters. The van der Waals surface area contributed by atoms with E-state index < -0.39 is 40.5 Å². The highest BCUT2D eigenvalue weighted by Crippen LogP contribution is 2.30. The molecule has 0 aliphatic rings. The Morgan fingerprint density at radius 3 is 1.68 bits per heavy atom. The maximum Gasteiger partial charge on any atom is 0.261 e. The number of amides is 2. The van der Waals surface area contributed by atoms with Crippen LogP contribution < -0.4 is 15.4 Å². The molecule has 0 fully saturated rings. The largest absolute Gasteiger partial charge is 0.491 e. The second-order valence-electron chi connectivity index (χ2n) is 4.88. The molecule has 25 heavy (non-hydrogen) atoms. The number of halogens is 4. The second kappa shape index (κ2) is 7.20. The molecule has 2 aromatic carbocycles. The lowest BCUT2D eigenvalue weighted by Gasteiger charge is -2.11. The fourth-order valence-corrected chi connectivity index (χ4v) is 2.02. The molecule has 9 heteroatoms. The van der Waals surface area contributed by atoms with Gasteiger partial charge in [0.1, 0.15) is 5.56 Å². The monoisotopic (exact) mass is 356 g/mol. The van der Waals surface area contributed by atoms with E-state index in [9.17, 15) is 27.2 Å². The van der Waals surface area contributed by atoms with E-state index in [0.29, 0.717) is 5.69 Å². The van der Waals surface area contributed by atoms with Crippen molar-refractivity contribution in [2.75, 3.05) is 17.7 Å². The topological polar surface area (TPSA) is 67.4 Å². The maximum absolute atomic E-state index is 13.9. The van der Waals surface area contributed by atoms with Crippen LogP contribution in [0.5, 0.6) is 5.75 Å². The minimum atomic E-state index is -1.87. The molecule has 0 saturated carbocycles. The van der Waals surface area contributed by atoms with Gasteiger partial charge in [-0.05, 0) is 24.3 Å². The Bertz CT molecular complexity index is 809. The minimum Gasteiger partial charge on any atom is -0.491 e. The van der Waals surface area contributed by atoms with Crippen LogP contribution in [0, 0.1) is 23.3 Å².